The van der Waals surface area contributed by atoms with Crippen LogP contribution in [-0.2, 0) is 19.6 Å². The third kappa shape index (κ3) is 5.75. The zero-order valence-corrected chi connectivity index (χ0v) is 17.4. The van der Waals surface area contributed by atoms with Gasteiger partial charge in [0, 0.05) is 12.2 Å². The van der Waals surface area contributed by atoms with Crippen molar-refractivity contribution in [1.29, 1.82) is 0 Å². The van der Waals surface area contributed by atoms with Gasteiger partial charge < -0.3 is 10.1 Å². The number of rotatable bonds is 8. The molecule has 0 spiro atoms. The predicted octanol–water partition coefficient (Wildman–Crippen LogP) is 2.95. The van der Waals surface area contributed by atoms with E-state index >= 15 is 0 Å². The summed E-state index contributed by atoms with van der Waals surface area (Å²) in [6.07, 6.45) is 0.340. The molecule has 8 heteroatoms. The molecule has 0 fully saturated rings. The maximum atomic E-state index is 12.4. The summed E-state index contributed by atoms with van der Waals surface area (Å²) in [6.45, 7) is 8.70. The number of nitrogens with one attached hydrogen (secondary N) is 2. The van der Waals surface area contributed by atoms with E-state index in [1.165, 1.54) is 37.3 Å². The minimum absolute atomic E-state index is 0.0261. The van der Waals surface area contributed by atoms with Crippen LogP contribution in [0.15, 0.2) is 60.0 Å². The first-order valence-electron chi connectivity index (χ1n) is 8.94. The average Bonchev–Trinajstić information content (AvgIpc) is 2.69. The molecular weight excluding hydrogens is 392 g/mol. The van der Waals surface area contributed by atoms with Crippen molar-refractivity contribution >= 4 is 27.6 Å². The van der Waals surface area contributed by atoms with Gasteiger partial charge in [-0.3, -0.25) is 4.79 Å². The van der Waals surface area contributed by atoms with Crippen molar-refractivity contribution in [3.05, 3.63) is 71.8 Å². The second-order valence-corrected chi connectivity index (χ2v) is 8.24. The highest BCUT2D eigenvalue weighted by Crippen LogP contribution is 2.20. The van der Waals surface area contributed by atoms with Crippen LogP contribution in [0, 0.1) is 13.8 Å². The smallest absolute Gasteiger partial charge is 0.338 e. The monoisotopic (exact) mass is 416 g/mol. The van der Waals surface area contributed by atoms with Gasteiger partial charge in [0.05, 0.1) is 10.5 Å². The summed E-state index contributed by atoms with van der Waals surface area (Å²) in [6, 6.07) is 11.0. The van der Waals surface area contributed by atoms with Crippen molar-refractivity contribution in [1.82, 2.24) is 4.72 Å². The van der Waals surface area contributed by atoms with E-state index in [1.54, 1.807) is 0 Å². The number of aryl methyl sites for hydroxylation is 2. The lowest BCUT2D eigenvalue weighted by Gasteiger charge is -2.16. The molecule has 0 unspecified atom stereocenters. The number of sulfonamides is 1. The molecule has 0 saturated carbocycles. The lowest BCUT2D eigenvalue weighted by Crippen LogP contribution is -2.30. The standard InChI is InChI=1S/C21H24N2O5S/c1-5-12-22-29(26,27)18-11-7-10-17(13-18)21(25)28-16(4)20(24)23-19-14(2)8-6-9-15(19)3/h5-11,13,16,22H,1,12H2,2-4H3,(H,23,24)/t16-/m1/s1. The summed E-state index contributed by atoms with van der Waals surface area (Å²) in [7, 11) is -3.78. The summed E-state index contributed by atoms with van der Waals surface area (Å²) >= 11 is 0. The minimum Gasteiger partial charge on any atom is -0.449 e. The molecule has 0 saturated heterocycles. The van der Waals surface area contributed by atoms with Gasteiger partial charge in [0.2, 0.25) is 10.0 Å². The molecule has 2 N–H and O–H groups in total. The molecule has 2 aromatic rings. The molecule has 0 aliphatic rings. The van der Waals surface area contributed by atoms with Crippen LogP contribution in [0.25, 0.3) is 0 Å². The number of amides is 1. The van der Waals surface area contributed by atoms with E-state index in [9.17, 15) is 18.0 Å². The maximum absolute atomic E-state index is 12.4. The summed E-state index contributed by atoms with van der Waals surface area (Å²) in [4.78, 5) is 24.7. The Morgan fingerprint density at radius 3 is 2.38 bits per heavy atom. The Bertz CT molecular complexity index is 1010. The molecule has 1 amide bonds. The number of hydrogen-bond donors (Lipinski definition) is 2. The third-order valence-corrected chi connectivity index (χ3v) is 5.60. The Hall–Kier alpha value is -2.97. The van der Waals surface area contributed by atoms with Gasteiger partial charge in [0.15, 0.2) is 6.10 Å². The zero-order valence-electron chi connectivity index (χ0n) is 16.6. The van der Waals surface area contributed by atoms with Crippen LogP contribution in [0.2, 0.25) is 0 Å². The topological polar surface area (TPSA) is 102 Å². The van der Waals surface area contributed by atoms with Gasteiger partial charge in [-0.2, -0.15) is 0 Å². The highest BCUT2D eigenvalue weighted by molar-refractivity contribution is 7.89. The first-order chi connectivity index (χ1) is 13.7. The number of esters is 1. The largest absolute Gasteiger partial charge is 0.449 e. The fourth-order valence-electron chi connectivity index (χ4n) is 2.56. The third-order valence-electron chi connectivity index (χ3n) is 4.18. The molecule has 0 radical (unpaired) electrons. The number of hydrogen-bond acceptors (Lipinski definition) is 5. The number of para-hydroxylation sites is 1. The van der Waals surface area contributed by atoms with E-state index in [4.69, 9.17) is 4.74 Å². The van der Waals surface area contributed by atoms with Gasteiger partial charge in [0.1, 0.15) is 0 Å². The fraction of sp³-hybridized carbons (Fsp3) is 0.238. The number of anilines is 1. The highest BCUT2D eigenvalue weighted by Gasteiger charge is 2.22. The first kappa shape index (κ1) is 22.3. The van der Waals surface area contributed by atoms with Gasteiger partial charge in [-0.25, -0.2) is 17.9 Å². The van der Waals surface area contributed by atoms with E-state index in [0.717, 1.165) is 11.1 Å². The van der Waals surface area contributed by atoms with Crippen LogP contribution < -0.4 is 10.0 Å². The summed E-state index contributed by atoms with van der Waals surface area (Å²) in [5.74, 6) is -1.28. The SMILES string of the molecule is C=CCNS(=O)(=O)c1cccc(C(=O)O[C@H](C)C(=O)Nc2c(C)cccc2C)c1. The van der Waals surface area contributed by atoms with Crippen molar-refractivity contribution in [3.8, 4) is 0 Å². The molecule has 7 nitrogen and oxygen atoms in total. The summed E-state index contributed by atoms with van der Waals surface area (Å²) in [5.41, 5.74) is 2.48. The van der Waals surface area contributed by atoms with Gasteiger partial charge in [-0.15, -0.1) is 6.58 Å². The Balaban J connectivity index is 2.10. The predicted molar refractivity (Wildman–Crippen MR) is 111 cm³/mol. The quantitative estimate of drug-likeness (QED) is 0.509. The maximum Gasteiger partial charge on any atom is 0.338 e. The Labute approximate surface area is 170 Å². The summed E-state index contributed by atoms with van der Waals surface area (Å²) in [5, 5.41) is 2.76. The molecular formula is C21H24N2O5S. The molecule has 0 aromatic heterocycles. The normalized spacial score (nSPS) is 12.1. The molecule has 0 heterocycles. The van der Waals surface area contributed by atoms with Crippen molar-refractivity contribution in [2.75, 3.05) is 11.9 Å². The molecule has 2 rings (SSSR count). The van der Waals surface area contributed by atoms with E-state index in [-0.39, 0.29) is 17.0 Å². The van der Waals surface area contributed by atoms with Crippen molar-refractivity contribution in [2.24, 2.45) is 0 Å². The average molecular weight is 416 g/mol. The number of benzene rings is 2. The molecule has 1 atom stereocenters. The van der Waals surface area contributed by atoms with Crippen LogP contribution in [0.5, 0.6) is 0 Å². The number of ether oxygens (including phenoxy) is 1. The van der Waals surface area contributed by atoms with Crippen LogP contribution in [0.3, 0.4) is 0 Å². The van der Waals surface area contributed by atoms with Crippen LogP contribution >= 0.6 is 0 Å². The molecule has 0 aliphatic carbocycles. The molecule has 2 aromatic carbocycles. The first-order valence-corrected chi connectivity index (χ1v) is 10.4. The minimum atomic E-state index is -3.78. The van der Waals surface area contributed by atoms with Crippen molar-refractivity contribution < 1.29 is 22.7 Å². The summed E-state index contributed by atoms with van der Waals surface area (Å²) < 4.78 is 31.9. The number of carbonyl (C=O) groups excluding carboxylic acids is 2. The Morgan fingerprint density at radius 2 is 1.76 bits per heavy atom. The van der Waals surface area contributed by atoms with Crippen LogP contribution in [0.4, 0.5) is 5.69 Å². The molecule has 0 bridgehead atoms. The molecule has 29 heavy (non-hydrogen) atoms. The second kappa shape index (κ2) is 9.49. The zero-order chi connectivity index (χ0) is 21.6. The molecule has 154 valence electrons. The fourth-order valence-corrected chi connectivity index (χ4v) is 3.60. The van der Waals surface area contributed by atoms with Crippen LogP contribution in [-0.4, -0.2) is 32.9 Å². The Kier molecular flexibility index (Phi) is 7.30. The van der Waals surface area contributed by atoms with E-state index in [0.29, 0.717) is 5.69 Å². The van der Waals surface area contributed by atoms with E-state index in [2.05, 4.69) is 16.6 Å². The van der Waals surface area contributed by atoms with Crippen LogP contribution in [0.1, 0.15) is 28.4 Å². The van der Waals surface area contributed by atoms with E-state index < -0.39 is 28.0 Å². The van der Waals surface area contributed by atoms with Gasteiger partial charge in [0.25, 0.3) is 5.91 Å². The second-order valence-electron chi connectivity index (χ2n) is 6.47. The lowest BCUT2D eigenvalue weighted by molar-refractivity contribution is -0.123. The Morgan fingerprint density at radius 1 is 1.14 bits per heavy atom. The van der Waals surface area contributed by atoms with Gasteiger partial charge >= 0.3 is 5.97 Å². The van der Waals surface area contributed by atoms with E-state index in [1.807, 2.05) is 32.0 Å². The number of carbonyl (C=O) groups is 2. The van der Waals surface area contributed by atoms with Gasteiger partial charge in [-0.1, -0.05) is 30.3 Å². The lowest BCUT2D eigenvalue weighted by atomic mass is 10.1. The van der Waals surface area contributed by atoms with Crippen molar-refractivity contribution in [3.63, 3.8) is 0 Å². The highest BCUT2D eigenvalue weighted by atomic mass is 32.2. The van der Waals surface area contributed by atoms with Crippen molar-refractivity contribution in [2.45, 2.75) is 31.8 Å². The molecule has 0 aliphatic heterocycles. The van der Waals surface area contributed by atoms with Gasteiger partial charge in [-0.05, 0) is 50.1 Å².